The number of carbonyl (C=O) groups is 2. The number of carbonyl (C=O) groups excluding carboxylic acids is 2. The van der Waals surface area contributed by atoms with Crippen LogP contribution in [0.2, 0.25) is 0 Å². The number of piperidine rings is 1. The van der Waals surface area contributed by atoms with Crippen molar-refractivity contribution in [1.29, 1.82) is 0 Å². The van der Waals surface area contributed by atoms with Crippen LogP contribution < -0.4 is 5.32 Å². The van der Waals surface area contributed by atoms with Gasteiger partial charge in [0.1, 0.15) is 0 Å². The summed E-state index contributed by atoms with van der Waals surface area (Å²) < 4.78 is 0. The molecular formula is C19H25N3O2. The molecule has 128 valence electrons. The Morgan fingerprint density at radius 2 is 2.08 bits per heavy atom. The average Bonchev–Trinajstić information content (AvgIpc) is 3.54. The van der Waals surface area contributed by atoms with Gasteiger partial charge in [0.15, 0.2) is 0 Å². The third-order valence-electron chi connectivity index (χ3n) is 5.66. The van der Waals surface area contributed by atoms with Crippen molar-refractivity contribution in [1.82, 2.24) is 15.2 Å². The molecule has 0 spiro atoms. The molecule has 3 fully saturated rings. The molecule has 1 N–H and O–H groups in total. The van der Waals surface area contributed by atoms with Crippen molar-refractivity contribution >= 4 is 11.8 Å². The highest BCUT2D eigenvalue weighted by molar-refractivity contribution is 5.91. The maximum atomic E-state index is 13.1. The van der Waals surface area contributed by atoms with Crippen molar-refractivity contribution in [2.24, 2.45) is 11.8 Å². The lowest BCUT2D eigenvalue weighted by Crippen LogP contribution is -2.49. The molecule has 5 nitrogen and oxygen atoms in total. The van der Waals surface area contributed by atoms with E-state index >= 15 is 0 Å². The van der Waals surface area contributed by atoms with E-state index in [2.05, 4.69) is 10.3 Å². The van der Waals surface area contributed by atoms with E-state index in [1.54, 1.807) is 6.20 Å². The minimum absolute atomic E-state index is 0.0546. The SMILES string of the molecule is O=C(NCC1CC1)C1CCCN(C(=O)C2(c3ccccn3)CC2)C1. The molecule has 4 rings (SSSR count). The first-order chi connectivity index (χ1) is 11.7. The Kier molecular flexibility index (Phi) is 4.02. The first-order valence-electron chi connectivity index (χ1n) is 9.18. The number of nitrogens with zero attached hydrogens (tertiary/aromatic N) is 2. The highest BCUT2D eigenvalue weighted by atomic mass is 16.2. The largest absolute Gasteiger partial charge is 0.356 e. The van der Waals surface area contributed by atoms with Gasteiger partial charge in [0.2, 0.25) is 11.8 Å². The summed E-state index contributed by atoms with van der Waals surface area (Å²) in [7, 11) is 0. The lowest BCUT2D eigenvalue weighted by Gasteiger charge is -2.34. The van der Waals surface area contributed by atoms with E-state index in [4.69, 9.17) is 0 Å². The Labute approximate surface area is 142 Å². The first-order valence-corrected chi connectivity index (χ1v) is 9.18. The Morgan fingerprint density at radius 3 is 2.75 bits per heavy atom. The van der Waals surface area contributed by atoms with Gasteiger partial charge in [-0.1, -0.05) is 6.07 Å². The molecule has 1 atom stereocenters. The van der Waals surface area contributed by atoms with Crippen LogP contribution in [0, 0.1) is 11.8 Å². The molecule has 0 radical (unpaired) electrons. The lowest BCUT2D eigenvalue weighted by atomic mass is 9.93. The number of likely N-dealkylation sites (tertiary alicyclic amines) is 1. The third-order valence-corrected chi connectivity index (χ3v) is 5.66. The lowest BCUT2D eigenvalue weighted by molar-refractivity contribution is -0.138. The number of hydrogen-bond acceptors (Lipinski definition) is 3. The van der Waals surface area contributed by atoms with Crippen LogP contribution in [0.3, 0.4) is 0 Å². The summed E-state index contributed by atoms with van der Waals surface area (Å²) in [5.74, 6) is 0.929. The Hall–Kier alpha value is -1.91. The van der Waals surface area contributed by atoms with E-state index < -0.39 is 5.41 Å². The van der Waals surface area contributed by atoms with Crippen LogP contribution >= 0.6 is 0 Å². The number of aromatic nitrogens is 1. The molecule has 3 aliphatic rings. The van der Waals surface area contributed by atoms with Crippen LogP contribution in [0.15, 0.2) is 24.4 Å². The fourth-order valence-corrected chi connectivity index (χ4v) is 3.74. The second-order valence-electron chi connectivity index (χ2n) is 7.58. The van der Waals surface area contributed by atoms with E-state index in [0.29, 0.717) is 12.5 Å². The summed E-state index contributed by atoms with van der Waals surface area (Å²) in [6.45, 7) is 2.13. The minimum atomic E-state index is -0.423. The van der Waals surface area contributed by atoms with Crippen molar-refractivity contribution in [3.8, 4) is 0 Å². The third kappa shape index (κ3) is 3.04. The topological polar surface area (TPSA) is 62.3 Å². The molecule has 2 saturated carbocycles. The van der Waals surface area contributed by atoms with Gasteiger partial charge in [-0.3, -0.25) is 14.6 Å². The zero-order chi connectivity index (χ0) is 16.6. The van der Waals surface area contributed by atoms with Gasteiger partial charge in [-0.25, -0.2) is 0 Å². The molecular weight excluding hydrogens is 302 g/mol. The zero-order valence-corrected chi connectivity index (χ0v) is 14.0. The Morgan fingerprint density at radius 1 is 1.25 bits per heavy atom. The van der Waals surface area contributed by atoms with Gasteiger partial charge in [-0.2, -0.15) is 0 Å². The number of rotatable bonds is 5. The van der Waals surface area contributed by atoms with Crippen molar-refractivity contribution < 1.29 is 9.59 Å². The van der Waals surface area contributed by atoms with Gasteiger partial charge in [0.05, 0.1) is 17.0 Å². The van der Waals surface area contributed by atoms with Crippen molar-refractivity contribution in [3.63, 3.8) is 0 Å². The second-order valence-corrected chi connectivity index (χ2v) is 7.58. The molecule has 1 aromatic heterocycles. The highest BCUT2D eigenvalue weighted by Gasteiger charge is 2.54. The summed E-state index contributed by atoms with van der Waals surface area (Å²) >= 11 is 0. The van der Waals surface area contributed by atoms with Crippen molar-refractivity contribution in [3.05, 3.63) is 30.1 Å². The van der Waals surface area contributed by atoms with E-state index in [9.17, 15) is 9.59 Å². The number of amides is 2. The van der Waals surface area contributed by atoms with E-state index in [1.807, 2.05) is 23.1 Å². The number of pyridine rings is 1. The normalized spacial score (nSPS) is 25.2. The fourth-order valence-electron chi connectivity index (χ4n) is 3.74. The highest BCUT2D eigenvalue weighted by Crippen LogP contribution is 2.49. The molecule has 0 bridgehead atoms. The fraction of sp³-hybridized carbons (Fsp3) is 0.632. The molecule has 24 heavy (non-hydrogen) atoms. The van der Waals surface area contributed by atoms with E-state index in [1.165, 1.54) is 12.8 Å². The summed E-state index contributed by atoms with van der Waals surface area (Å²) in [5, 5.41) is 3.07. The van der Waals surface area contributed by atoms with Crippen LogP contribution in [0.5, 0.6) is 0 Å². The van der Waals surface area contributed by atoms with Crippen LogP contribution in [0.4, 0.5) is 0 Å². The molecule has 2 heterocycles. The van der Waals surface area contributed by atoms with Crippen LogP contribution in [-0.2, 0) is 15.0 Å². The number of nitrogens with one attached hydrogen (secondary N) is 1. The first kappa shape index (κ1) is 15.6. The maximum Gasteiger partial charge on any atom is 0.234 e. The molecule has 1 aliphatic heterocycles. The minimum Gasteiger partial charge on any atom is -0.356 e. The van der Waals surface area contributed by atoms with E-state index in [0.717, 1.165) is 44.5 Å². The van der Waals surface area contributed by atoms with Gasteiger partial charge in [-0.15, -0.1) is 0 Å². The van der Waals surface area contributed by atoms with Gasteiger partial charge in [0.25, 0.3) is 0 Å². The average molecular weight is 327 g/mol. The molecule has 5 heteroatoms. The predicted octanol–water partition coefficient (Wildman–Crippen LogP) is 1.88. The Bertz CT molecular complexity index is 623. The molecule has 2 aliphatic carbocycles. The van der Waals surface area contributed by atoms with Crippen molar-refractivity contribution in [2.75, 3.05) is 19.6 Å². The van der Waals surface area contributed by atoms with E-state index in [-0.39, 0.29) is 17.7 Å². The summed E-state index contributed by atoms with van der Waals surface area (Å²) in [4.78, 5) is 31.8. The van der Waals surface area contributed by atoms with Gasteiger partial charge >= 0.3 is 0 Å². The van der Waals surface area contributed by atoms with Crippen LogP contribution in [-0.4, -0.2) is 41.3 Å². The quantitative estimate of drug-likeness (QED) is 0.898. The molecule has 0 aromatic carbocycles. The summed E-state index contributed by atoms with van der Waals surface area (Å²) in [5.41, 5.74) is 0.462. The molecule has 1 aromatic rings. The smallest absolute Gasteiger partial charge is 0.234 e. The van der Waals surface area contributed by atoms with Gasteiger partial charge in [0, 0.05) is 25.8 Å². The van der Waals surface area contributed by atoms with Crippen LogP contribution in [0.1, 0.15) is 44.2 Å². The second kappa shape index (κ2) is 6.19. The summed E-state index contributed by atoms with van der Waals surface area (Å²) in [6, 6.07) is 5.78. The standard InChI is InChI=1S/C19H25N3O2/c23-17(21-12-14-6-7-14)15-4-3-11-22(13-15)18(24)19(8-9-19)16-5-1-2-10-20-16/h1-2,5,10,14-15H,3-4,6-9,11-13H2,(H,21,23). The molecule has 1 saturated heterocycles. The maximum absolute atomic E-state index is 13.1. The number of hydrogen-bond donors (Lipinski definition) is 1. The van der Waals surface area contributed by atoms with Gasteiger partial charge < -0.3 is 10.2 Å². The summed E-state index contributed by atoms with van der Waals surface area (Å²) in [6.07, 6.45) is 7.77. The molecule has 2 amide bonds. The molecule has 1 unspecified atom stereocenters. The van der Waals surface area contributed by atoms with Crippen molar-refractivity contribution in [2.45, 2.75) is 43.9 Å². The Balaban J connectivity index is 1.40. The predicted molar refractivity (Wildman–Crippen MR) is 90.2 cm³/mol. The van der Waals surface area contributed by atoms with Gasteiger partial charge in [-0.05, 0) is 56.6 Å². The monoisotopic (exact) mass is 327 g/mol. The zero-order valence-electron chi connectivity index (χ0n) is 14.0. The van der Waals surface area contributed by atoms with Crippen LogP contribution in [0.25, 0.3) is 0 Å².